The maximum absolute atomic E-state index is 13.8. The average molecular weight is 419 g/mol. The Labute approximate surface area is 168 Å². The molecule has 3 aliphatic heterocycles. The van der Waals surface area contributed by atoms with Gasteiger partial charge in [0, 0.05) is 23.5 Å². The number of rotatable bonds is 5. The number of aliphatic imine (C=N–C) groups is 1. The molecule has 3 N–H and O–H groups in total. The number of nitrogens with one attached hydrogen (secondary N) is 3. The lowest BCUT2D eigenvalue weighted by Crippen LogP contribution is -2.51. The molecule has 0 amide bonds. The molecular weight excluding hydrogens is 403 g/mol. The number of halogens is 3. The summed E-state index contributed by atoms with van der Waals surface area (Å²) in [5, 5.41) is 6.15. The summed E-state index contributed by atoms with van der Waals surface area (Å²) in [5.41, 5.74) is 5.46. The highest BCUT2D eigenvalue weighted by molar-refractivity contribution is 5.85. The fourth-order valence-electron chi connectivity index (χ4n) is 3.43. The van der Waals surface area contributed by atoms with E-state index in [-0.39, 0.29) is 5.69 Å². The van der Waals surface area contributed by atoms with Gasteiger partial charge in [-0.1, -0.05) is 0 Å². The number of alkyl halides is 2. The Hall–Kier alpha value is -3.60. The molecule has 0 radical (unpaired) electrons. The minimum Gasteiger partial charge on any atom is -0.471 e. The first-order valence-electron chi connectivity index (χ1n) is 8.99. The standard InChI is InChI=1S/C19H16F3N5O3/c1-10-8-24-19(25-11-2-4-13(20)16(6-11)29-18(21)22)27(17(10)26-30-19)12-3-5-15-14(7-12)23-9-28-15/h2-8,18,23,25-26H,9H2,1H3. The van der Waals surface area contributed by atoms with Gasteiger partial charge in [-0.25, -0.2) is 19.7 Å². The number of fused-ring (bicyclic) bond motifs is 3. The first-order chi connectivity index (χ1) is 14.4. The number of allylic oxidation sites excluding steroid dienone is 1. The monoisotopic (exact) mass is 419 g/mol. The Kier molecular flexibility index (Phi) is 4.13. The first-order valence-corrected chi connectivity index (χ1v) is 8.99. The summed E-state index contributed by atoms with van der Waals surface area (Å²) < 4.78 is 48.7. The Bertz CT molecular complexity index is 1080. The van der Waals surface area contributed by atoms with E-state index in [0.717, 1.165) is 34.8 Å². The van der Waals surface area contributed by atoms with Gasteiger partial charge in [-0.05, 0) is 37.3 Å². The van der Waals surface area contributed by atoms with E-state index in [0.29, 0.717) is 12.6 Å². The molecule has 2 aromatic carbocycles. The van der Waals surface area contributed by atoms with Crippen molar-refractivity contribution in [1.29, 1.82) is 0 Å². The van der Waals surface area contributed by atoms with Gasteiger partial charge in [-0.2, -0.15) is 8.78 Å². The van der Waals surface area contributed by atoms with Crippen molar-refractivity contribution in [2.24, 2.45) is 4.99 Å². The van der Waals surface area contributed by atoms with Crippen LogP contribution in [-0.4, -0.2) is 25.5 Å². The van der Waals surface area contributed by atoms with Crippen molar-refractivity contribution in [3.8, 4) is 11.5 Å². The van der Waals surface area contributed by atoms with Gasteiger partial charge in [0.1, 0.15) is 11.6 Å². The van der Waals surface area contributed by atoms with Gasteiger partial charge in [-0.15, -0.1) is 0 Å². The molecule has 8 nitrogen and oxygen atoms in total. The van der Waals surface area contributed by atoms with Crippen LogP contribution in [0.2, 0.25) is 0 Å². The van der Waals surface area contributed by atoms with Crippen molar-refractivity contribution in [2.75, 3.05) is 22.3 Å². The molecule has 30 heavy (non-hydrogen) atoms. The van der Waals surface area contributed by atoms with E-state index in [1.165, 1.54) is 6.07 Å². The van der Waals surface area contributed by atoms with Crippen molar-refractivity contribution in [1.82, 2.24) is 5.48 Å². The van der Waals surface area contributed by atoms with Crippen LogP contribution in [0.3, 0.4) is 0 Å². The SMILES string of the molecule is CC1=C2NOC(Nc3ccc(F)c(OC(F)F)c3)(N=C1)N2c1ccc2c(c1)NCO2. The molecule has 11 heteroatoms. The molecule has 0 aromatic heterocycles. The highest BCUT2D eigenvalue weighted by Gasteiger charge is 2.49. The molecule has 156 valence electrons. The summed E-state index contributed by atoms with van der Waals surface area (Å²) in [6.45, 7) is -0.919. The van der Waals surface area contributed by atoms with Crippen molar-refractivity contribution in [3.05, 3.63) is 53.6 Å². The number of anilines is 3. The molecule has 1 unspecified atom stereocenters. The number of hydrogen-bond donors (Lipinski definition) is 3. The molecule has 1 fully saturated rings. The third kappa shape index (κ3) is 2.94. The van der Waals surface area contributed by atoms with Gasteiger partial charge in [0.2, 0.25) is 0 Å². The minimum absolute atomic E-state index is 0.263. The normalized spacial score (nSPS) is 21.3. The predicted molar refractivity (Wildman–Crippen MR) is 103 cm³/mol. The van der Waals surface area contributed by atoms with E-state index >= 15 is 0 Å². The second-order valence-corrected chi connectivity index (χ2v) is 6.73. The zero-order chi connectivity index (χ0) is 20.9. The van der Waals surface area contributed by atoms with Crippen LogP contribution in [0.25, 0.3) is 0 Å². The van der Waals surface area contributed by atoms with Crippen LogP contribution >= 0.6 is 0 Å². The second-order valence-electron chi connectivity index (χ2n) is 6.73. The van der Waals surface area contributed by atoms with Crippen LogP contribution in [0, 0.1) is 5.82 Å². The summed E-state index contributed by atoms with van der Waals surface area (Å²) in [5.74, 6) is -1.60. The fourth-order valence-corrected chi connectivity index (χ4v) is 3.43. The topological polar surface area (TPSA) is 79.4 Å². The van der Waals surface area contributed by atoms with Crippen LogP contribution in [0.1, 0.15) is 6.92 Å². The largest absolute Gasteiger partial charge is 0.471 e. The van der Waals surface area contributed by atoms with Crippen LogP contribution in [0.5, 0.6) is 11.5 Å². The Balaban J connectivity index is 1.53. The highest BCUT2D eigenvalue weighted by atomic mass is 19.3. The van der Waals surface area contributed by atoms with Gasteiger partial charge >= 0.3 is 12.6 Å². The minimum atomic E-state index is -3.15. The number of hydrogen-bond acceptors (Lipinski definition) is 8. The highest BCUT2D eigenvalue weighted by Crippen LogP contribution is 2.42. The Morgan fingerprint density at radius 1 is 1.27 bits per heavy atom. The maximum atomic E-state index is 13.8. The van der Waals surface area contributed by atoms with E-state index < -0.39 is 24.2 Å². The lowest BCUT2D eigenvalue weighted by atomic mass is 10.2. The fraction of sp³-hybridized carbons (Fsp3) is 0.211. The van der Waals surface area contributed by atoms with Gasteiger partial charge in [0.15, 0.2) is 18.3 Å². The third-order valence-corrected chi connectivity index (χ3v) is 4.79. The lowest BCUT2D eigenvalue weighted by molar-refractivity contribution is -0.0521. The molecular formula is C19H16F3N5O3. The summed E-state index contributed by atoms with van der Waals surface area (Å²) in [6, 6.07) is 9.05. The summed E-state index contributed by atoms with van der Waals surface area (Å²) in [6.07, 6.45) is 1.62. The van der Waals surface area contributed by atoms with Gasteiger partial charge in [0.05, 0.1) is 11.4 Å². The van der Waals surface area contributed by atoms with Crippen molar-refractivity contribution in [2.45, 2.75) is 19.5 Å². The zero-order valence-electron chi connectivity index (χ0n) is 15.6. The smallest absolute Gasteiger partial charge is 0.387 e. The van der Waals surface area contributed by atoms with Crippen molar-refractivity contribution < 1.29 is 27.5 Å². The van der Waals surface area contributed by atoms with E-state index in [1.807, 2.05) is 25.1 Å². The summed E-state index contributed by atoms with van der Waals surface area (Å²) >= 11 is 0. The summed E-state index contributed by atoms with van der Waals surface area (Å²) in [7, 11) is 0. The molecule has 2 bridgehead atoms. The van der Waals surface area contributed by atoms with Crippen molar-refractivity contribution >= 4 is 23.3 Å². The molecule has 2 aromatic rings. The van der Waals surface area contributed by atoms with Gasteiger partial charge < -0.3 is 20.1 Å². The number of nitrogens with zero attached hydrogens (tertiary/aromatic N) is 2. The Morgan fingerprint density at radius 3 is 2.97 bits per heavy atom. The first kappa shape index (κ1) is 18.4. The molecule has 1 saturated heterocycles. The number of ether oxygens (including phenoxy) is 2. The lowest BCUT2D eigenvalue weighted by Gasteiger charge is -2.36. The summed E-state index contributed by atoms with van der Waals surface area (Å²) in [4.78, 5) is 12.0. The van der Waals surface area contributed by atoms with Gasteiger partial charge in [-0.3, -0.25) is 4.90 Å². The molecule has 0 aliphatic carbocycles. The maximum Gasteiger partial charge on any atom is 0.387 e. The molecule has 5 rings (SSSR count). The quantitative estimate of drug-likeness (QED) is 0.684. The third-order valence-electron chi connectivity index (χ3n) is 4.79. The van der Waals surface area contributed by atoms with Crippen LogP contribution < -0.4 is 30.5 Å². The molecule has 3 aliphatic rings. The van der Waals surface area contributed by atoms with E-state index in [9.17, 15) is 13.2 Å². The average Bonchev–Trinajstić information content (AvgIpc) is 3.29. The van der Waals surface area contributed by atoms with Crippen LogP contribution in [-0.2, 0) is 4.84 Å². The van der Waals surface area contributed by atoms with E-state index in [4.69, 9.17) is 9.57 Å². The molecule has 3 heterocycles. The number of benzene rings is 2. The van der Waals surface area contributed by atoms with Gasteiger partial charge in [0.25, 0.3) is 0 Å². The van der Waals surface area contributed by atoms with E-state index in [2.05, 4.69) is 25.8 Å². The predicted octanol–water partition coefficient (Wildman–Crippen LogP) is 3.57. The van der Waals surface area contributed by atoms with Crippen molar-refractivity contribution in [3.63, 3.8) is 0 Å². The van der Waals surface area contributed by atoms with E-state index in [1.54, 1.807) is 11.1 Å². The number of hydroxylamine groups is 1. The zero-order valence-corrected chi connectivity index (χ0v) is 15.6. The molecule has 0 spiro atoms. The molecule has 0 saturated carbocycles. The Morgan fingerprint density at radius 2 is 2.13 bits per heavy atom. The van der Waals surface area contributed by atoms with Crippen LogP contribution in [0.4, 0.5) is 30.2 Å². The molecule has 1 atom stereocenters. The second kappa shape index (κ2) is 6.73. The van der Waals surface area contributed by atoms with Crippen LogP contribution in [0.15, 0.2) is 52.8 Å².